The summed E-state index contributed by atoms with van der Waals surface area (Å²) in [5, 5.41) is 0.00851. The third kappa shape index (κ3) is 4.72. The van der Waals surface area contributed by atoms with Crippen LogP contribution >= 0.6 is 11.6 Å². The molecule has 0 N–H and O–H groups in total. The van der Waals surface area contributed by atoms with Crippen molar-refractivity contribution in [3.63, 3.8) is 0 Å². The lowest BCUT2D eigenvalue weighted by atomic mass is 9.87. The molecule has 0 saturated carbocycles. The highest BCUT2D eigenvalue weighted by Gasteiger charge is 2.30. The average Bonchev–Trinajstić information content (AvgIpc) is 2.24. The molecule has 0 aromatic heterocycles. The molecule has 0 aliphatic heterocycles. The fourth-order valence-corrected chi connectivity index (χ4v) is 1.98. The minimum Gasteiger partial charge on any atom is -0.166 e. The number of aryl methyl sites for hydroxylation is 2. The first-order valence-corrected chi connectivity index (χ1v) is 6.76. The van der Waals surface area contributed by atoms with Crippen molar-refractivity contribution in [2.24, 2.45) is 5.41 Å². The Bertz CT molecular complexity index is 430. The lowest BCUT2D eigenvalue weighted by Crippen LogP contribution is -2.21. The second-order valence-electron chi connectivity index (χ2n) is 6.01. The van der Waals surface area contributed by atoms with Crippen molar-refractivity contribution in [1.82, 2.24) is 0 Å². The van der Waals surface area contributed by atoms with E-state index in [9.17, 15) is 13.2 Å². The van der Waals surface area contributed by atoms with Gasteiger partial charge < -0.3 is 0 Å². The molecule has 0 bridgehead atoms. The van der Waals surface area contributed by atoms with Crippen molar-refractivity contribution in [2.75, 3.05) is 0 Å². The molecule has 1 aromatic rings. The number of halogens is 4. The van der Waals surface area contributed by atoms with Crippen LogP contribution in [0.25, 0.3) is 0 Å². The maximum atomic E-state index is 12.5. The first-order chi connectivity index (χ1) is 8.51. The first-order valence-electron chi connectivity index (χ1n) is 6.32. The average molecular weight is 293 g/mol. The van der Waals surface area contributed by atoms with Crippen molar-refractivity contribution in [2.45, 2.75) is 52.1 Å². The fraction of sp³-hybridized carbons (Fsp3) is 0.600. The molecule has 1 aromatic carbocycles. The summed E-state index contributed by atoms with van der Waals surface area (Å²) in [6, 6.07) is 3.91. The fourth-order valence-electron chi connectivity index (χ4n) is 1.87. The quantitative estimate of drug-likeness (QED) is 0.636. The van der Waals surface area contributed by atoms with Crippen LogP contribution < -0.4 is 0 Å². The molecule has 1 unspecified atom stereocenters. The summed E-state index contributed by atoms with van der Waals surface area (Å²) in [5.41, 5.74) is 1.02. The molecule has 0 radical (unpaired) electrons. The van der Waals surface area contributed by atoms with E-state index in [-0.39, 0.29) is 10.8 Å². The highest BCUT2D eigenvalue weighted by atomic mass is 35.5. The molecule has 0 aliphatic carbocycles. The van der Waals surface area contributed by atoms with Crippen LogP contribution in [0.4, 0.5) is 13.2 Å². The van der Waals surface area contributed by atoms with Gasteiger partial charge >= 0.3 is 6.18 Å². The molecule has 0 amide bonds. The predicted molar refractivity (Wildman–Crippen MR) is 73.6 cm³/mol. The standard InChI is InChI=1S/C15H20ClF3/c1-10-9-12(15(17,18)19)7-5-11(10)6-8-13(16)14(2,3)4/h5,7,9,13H,6,8H2,1-4H3. The number of hydrogen-bond donors (Lipinski definition) is 0. The Labute approximate surface area is 118 Å². The molecule has 4 heteroatoms. The second-order valence-corrected chi connectivity index (χ2v) is 6.54. The normalized spacial score (nSPS) is 14.5. The van der Waals surface area contributed by atoms with Gasteiger partial charge in [0.05, 0.1) is 5.56 Å². The summed E-state index contributed by atoms with van der Waals surface area (Å²) in [6.45, 7) is 7.89. The maximum absolute atomic E-state index is 12.5. The second kappa shape index (κ2) is 5.74. The Balaban J connectivity index is 2.77. The Morgan fingerprint density at radius 3 is 2.16 bits per heavy atom. The molecule has 0 heterocycles. The SMILES string of the molecule is Cc1cc(C(F)(F)F)ccc1CCC(Cl)C(C)(C)C. The summed E-state index contributed by atoms with van der Waals surface area (Å²) >= 11 is 6.28. The largest absolute Gasteiger partial charge is 0.416 e. The van der Waals surface area contributed by atoms with E-state index in [0.717, 1.165) is 18.1 Å². The van der Waals surface area contributed by atoms with Crippen LogP contribution in [0.5, 0.6) is 0 Å². The van der Waals surface area contributed by atoms with Crippen LogP contribution in [0, 0.1) is 12.3 Å². The molecule has 0 aliphatic rings. The van der Waals surface area contributed by atoms with Gasteiger partial charge in [0, 0.05) is 5.38 Å². The van der Waals surface area contributed by atoms with E-state index >= 15 is 0 Å². The topological polar surface area (TPSA) is 0 Å². The Hall–Kier alpha value is -0.700. The van der Waals surface area contributed by atoms with Gasteiger partial charge in [-0.3, -0.25) is 0 Å². The van der Waals surface area contributed by atoms with Gasteiger partial charge in [-0.15, -0.1) is 11.6 Å². The van der Waals surface area contributed by atoms with E-state index in [1.165, 1.54) is 6.07 Å². The van der Waals surface area contributed by atoms with Crippen LogP contribution in [0.2, 0.25) is 0 Å². The predicted octanol–water partition coefficient (Wildman–Crippen LogP) is 5.60. The first kappa shape index (κ1) is 16.4. The minimum absolute atomic E-state index is 0.00136. The monoisotopic (exact) mass is 292 g/mol. The summed E-state index contributed by atoms with van der Waals surface area (Å²) in [6.07, 6.45) is -2.81. The highest BCUT2D eigenvalue weighted by Crippen LogP contribution is 2.32. The minimum atomic E-state index is -4.27. The third-order valence-electron chi connectivity index (χ3n) is 3.28. The van der Waals surface area contributed by atoms with Gasteiger partial charge in [-0.05, 0) is 48.4 Å². The molecule has 19 heavy (non-hydrogen) atoms. The summed E-state index contributed by atoms with van der Waals surface area (Å²) in [4.78, 5) is 0. The van der Waals surface area contributed by atoms with Crippen LogP contribution in [0.3, 0.4) is 0 Å². The van der Waals surface area contributed by atoms with E-state index in [2.05, 4.69) is 20.8 Å². The summed E-state index contributed by atoms with van der Waals surface area (Å²) in [5.74, 6) is 0. The summed E-state index contributed by atoms with van der Waals surface area (Å²) < 4.78 is 37.6. The van der Waals surface area contributed by atoms with Crippen LogP contribution in [0.1, 0.15) is 43.9 Å². The van der Waals surface area contributed by atoms with Gasteiger partial charge in [-0.2, -0.15) is 13.2 Å². The Morgan fingerprint density at radius 2 is 1.74 bits per heavy atom. The number of hydrogen-bond acceptors (Lipinski definition) is 0. The highest BCUT2D eigenvalue weighted by molar-refractivity contribution is 6.21. The van der Waals surface area contributed by atoms with Gasteiger partial charge in [-0.25, -0.2) is 0 Å². The lowest BCUT2D eigenvalue weighted by molar-refractivity contribution is -0.137. The smallest absolute Gasteiger partial charge is 0.166 e. The van der Waals surface area contributed by atoms with E-state index in [1.807, 2.05) is 0 Å². The summed E-state index contributed by atoms with van der Waals surface area (Å²) in [7, 11) is 0. The van der Waals surface area contributed by atoms with E-state index in [4.69, 9.17) is 11.6 Å². The van der Waals surface area contributed by atoms with E-state index < -0.39 is 11.7 Å². The molecular formula is C15H20ClF3. The zero-order valence-electron chi connectivity index (χ0n) is 11.7. The molecule has 1 atom stereocenters. The Kier molecular flexibility index (Phi) is 4.94. The Morgan fingerprint density at radius 1 is 1.16 bits per heavy atom. The number of rotatable bonds is 3. The molecule has 108 valence electrons. The zero-order chi connectivity index (χ0) is 14.8. The molecule has 0 fully saturated rings. The van der Waals surface area contributed by atoms with E-state index in [0.29, 0.717) is 12.0 Å². The molecule has 1 rings (SSSR count). The number of alkyl halides is 4. The van der Waals surface area contributed by atoms with Gasteiger partial charge in [-0.1, -0.05) is 26.8 Å². The molecule has 0 saturated heterocycles. The lowest BCUT2D eigenvalue weighted by Gasteiger charge is -2.25. The van der Waals surface area contributed by atoms with Crippen LogP contribution in [-0.2, 0) is 12.6 Å². The van der Waals surface area contributed by atoms with Crippen molar-refractivity contribution >= 4 is 11.6 Å². The van der Waals surface area contributed by atoms with Gasteiger partial charge in [0.25, 0.3) is 0 Å². The number of benzene rings is 1. The van der Waals surface area contributed by atoms with Gasteiger partial charge in [0.2, 0.25) is 0 Å². The van der Waals surface area contributed by atoms with Gasteiger partial charge in [0.15, 0.2) is 0 Å². The third-order valence-corrected chi connectivity index (χ3v) is 4.15. The molecular weight excluding hydrogens is 273 g/mol. The van der Waals surface area contributed by atoms with Crippen molar-refractivity contribution in [1.29, 1.82) is 0 Å². The molecule has 0 spiro atoms. The van der Waals surface area contributed by atoms with Crippen molar-refractivity contribution in [3.05, 3.63) is 34.9 Å². The van der Waals surface area contributed by atoms with Crippen molar-refractivity contribution in [3.8, 4) is 0 Å². The maximum Gasteiger partial charge on any atom is 0.416 e. The van der Waals surface area contributed by atoms with Crippen LogP contribution in [0.15, 0.2) is 18.2 Å². The molecule has 0 nitrogen and oxygen atoms in total. The van der Waals surface area contributed by atoms with Crippen LogP contribution in [-0.4, -0.2) is 5.38 Å². The zero-order valence-corrected chi connectivity index (χ0v) is 12.5. The van der Waals surface area contributed by atoms with E-state index in [1.54, 1.807) is 13.0 Å². The van der Waals surface area contributed by atoms with Gasteiger partial charge in [0.1, 0.15) is 0 Å². The van der Waals surface area contributed by atoms with Crippen molar-refractivity contribution < 1.29 is 13.2 Å².